The van der Waals surface area contributed by atoms with Gasteiger partial charge in [0.15, 0.2) is 0 Å². The fourth-order valence-electron chi connectivity index (χ4n) is 4.17. The summed E-state index contributed by atoms with van der Waals surface area (Å²) in [5, 5.41) is 16.7. The highest BCUT2D eigenvalue weighted by Gasteiger charge is 2.19. The normalized spacial score (nSPS) is 16.0. The number of carbonyl (C=O) groups excluding carboxylic acids is 1. The summed E-state index contributed by atoms with van der Waals surface area (Å²) in [5.41, 5.74) is 5.23. The minimum Gasteiger partial charge on any atom is -0.376 e. The molecule has 170 valence electrons. The smallest absolute Gasteiger partial charge is 0.262 e. The van der Waals surface area contributed by atoms with Gasteiger partial charge in [-0.15, -0.1) is 0 Å². The monoisotopic (exact) mass is 443 g/mol. The van der Waals surface area contributed by atoms with E-state index in [4.69, 9.17) is 4.74 Å². The van der Waals surface area contributed by atoms with Crippen molar-refractivity contribution < 1.29 is 9.53 Å². The number of aromatic nitrogens is 3. The second-order valence-corrected chi connectivity index (χ2v) is 8.44. The third-order valence-electron chi connectivity index (χ3n) is 6.07. The van der Waals surface area contributed by atoms with Crippen LogP contribution >= 0.6 is 0 Å². The molecule has 3 heterocycles. The molecule has 1 aliphatic rings. The van der Waals surface area contributed by atoms with Crippen LogP contribution in [0.25, 0.3) is 6.08 Å². The van der Waals surface area contributed by atoms with Gasteiger partial charge in [0, 0.05) is 43.5 Å². The van der Waals surface area contributed by atoms with Crippen LogP contribution in [0.1, 0.15) is 40.9 Å². The van der Waals surface area contributed by atoms with Crippen LogP contribution in [0.3, 0.4) is 0 Å². The lowest BCUT2D eigenvalue weighted by Crippen LogP contribution is -2.24. The SMILES string of the molecule is Cc1cc(C=C(C#N)C(=O)NCc2ccc(Cn3cccn3)cc2)c(C)n1CC1CCCO1. The lowest BCUT2D eigenvalue weighted by atomic mass is 10.1. The summed E-state index contributed by atoms with van der Waals surface area (Å²) < 4.78 is 9.83. The summed E-state index contributed by atoms with van der Waals surface area (Å²) in [6, 6.07) is 14.0. The maximum atomic E-state index is 12.7. The molecule has 3 aromatic rings. The third-order valence-corrected chi connectivity index (χ3v) is 6.07. The quantitative estimate of drug-likeness (QED) is 0.424. The topological polar surface area (TPSA) is 84.9 Å². The largest absolute Gasteiger partial charge is 0.376 e. The maximum Gasteiger partial charge on any atom is 0.262 e. The summed E-state index contributed by atoms with van der Waals surface area (Å²) in [5.74, 6) is -0.373. The first-order valence-electron chi connectivity index (χ1n) is 11.3. The minimum absolute atomic E-state index is 0.0997. The van der Waals surface area contributed by atoms with Crippen molar-refractivity contribution in [2.24, 2.45) is 0 Å². The zero-order valence-electron chi connectivity index (χ0n) is 19.1. The van der Waals surface area contributed by atoms with Crippen molar-refractivity contribution in [3.05, 3.63) is 82.4 Å². The number of ether oxygens (including phenoxy) is 1. The van der Waals surface area contributed by atoms with Crippen LogP contribution < -0.4 is 5.32 Å². The van der Waals surface area contributed by atoms with E-state index >= 15 is 0 Å². The number of carbonyl (C=O) groups is 1. The van der Waals surface area contributed by atoms with E-state index in [1.54, 1.807) is 12.3 Å². The van der Waals surface area contributed by atoms with Crippen LogP contribution in [0.2, 0.25) is 0 Å². The van der Waals surface area contributed by atoms with Crippen molar-refractivity contribution in [3.63, 3.8) is 0 Å². The molecule has 4 rings (SSSR count). The number of nitrogens with one attached hydrogen (secondary N) is 1. The highest BCUT2D eigenvalue weighted by molar-refractivity contribution is 6.01. The van der Waals surface area contributed by atoms with Crippen LogP contribution in [0, 0.1) is 25.2 Å². The van der Waals surface area contributed by atoms with Crippen LogP contribution in [-0.4, -0.2) is 33.0 Å². The van der Waals surface area contributed by atoms with Gasteiger partial charge in [0.25, 0.3) is 5.91 Å². The predicted octanol–water partition coefficient (Wildman–Crippen LogP) is 3.75. The predicted molar refractivity (Wildman–Crippen MR) is 126 cm³/mol. The van der Waals surface area contributed by atoms with Gasteiger partial charge in [-0.3, -0.25) is 9.48 Å². The first-order chi connectivity index (χ1) is 16.0. The minimum atomic E-state index is -0.373. The lowest BCUT2D eigenvalue weighted by molar-refractivity contribution is -0.117. The summed E-state index contributed by atoms with van der Waals surface area (Å²) in [7, 11) is 0. The molecule has 0 radical (unpaired) electrons. The maximum absolute atomic E-state index is 12.7. The Hall–Kier alpha value is -3.63. The van der Waals surface area contributed by atoms with Crippen LogP contribution in [0.4, 0.5) is 0 Å². The number of hydrogen-bond donors (Lipinski definition) is 1. The molecular formula is C26H29N5O2. The Morgan fingerprint density at radius 3 is 2.76 bits per heavy atom. The van der Waals surface area contributed by atoms with Crippen LogP contribution in [-0.2, 0) is 29.2 Å². The van der Waals surface area contributed by atoms with E-state index in [0.29, 0.717) is 13.1 Å². The standard InChI is InChI=1S/C26H29N5O2/c1-19-13-23(20(2)31(19)18-25-5-3-12-33-25)14-24(15-27)26(32)28-16-21-6-8-22(9-7-21)17-30-11-4-10-29-30/h4,6-11,13-14,25H,3,5,12,16-18H2,1-2H3,(H,28,32). The molecule has 1 saturated heterocycles. The number of hydrogen-bond acceptors (Lipinski definition) is 4. The first-order valence-corrected chi connectivity index (χ1v) is 11.3. The van der Waals surface area contributed by atoms with Crippen molar-refractivity contribution in [2.45, 2.75) is 52.4 Å². The van der Waals surface area contributed by atoms with E-state index in [1.165, 1.54) is 0 Å². The molecule has 33 heavy (non-hydrogen) atoms. The van der Waals surface area contributed by atoms with Gasteiger partial charge in [0.05, 0.1) is 12.6 Å². The molecule has 0 saturated carbocycles. The van der Waals surface area contributed by atoms with Crippen molar-refractivity contribution in [1.82, 2.24) is 19.7 Å². The van der Waals surface area contributed by atoms with Crippen LogP contribution in [0.5, 0.6) is 0 Å². The molecule has 2 aromatic heterocycles. The third kappa shape index (κ3) is 5.60. The van der Waals surface area contributed by atoms with Crippen molar-refractivity contribution >= 4 is 12.0 Å². The van der Waals surface area contributed by atoms with Gasteiger partial charge in [-0.2, -0.15) is 10.4 Å². The highest BCUT2D eigenvalue weighted by atomic mass is 16.5. The summed E-state index contributed by atoms with van der Waals surface area (Å²) >= 11 is 0. The van der Waals surface area contributed by atoms with Gasteiger partial charge in [-0.1, -0.05) is 24.3 Å². The van der Waals surface area contributed by atoms with E-state index < -0.39 is 0 Å². The summed E-state index contributed by atoms with van der Waals surface area (Å²) in [6.45, 7) is 6.75. The Balaban J connectivity index is 1.38. The number of benzene rings is 1. The fraction of sp³-hybridized carbons (Fsp3) is 0.346. The zero-order valence-corrected chi connectivity index (χ0v) is 19.1. The average molecular weight is 444 g/mol. The molecule has 1 N–H and O–H groups in total. The molecule has 1 unspecified atom stereocenters. The van der Waals surface area contributed by atoms with Crippen molar-refractivity contribution in [3.8, 4) is 6.07 Å². The van der Waals surface area contributed by atoms with Gasteiger partial charge < -0.3 is 14.6 Å². The second kappa shape index (κ2) is 10.3. The highest BCUT2D eigenvalue weighted by Crippen LogP contribution is 2.22. The van der Waals surface area contributed by atoms with Gasteiger partial charge >= 0.3 is 0 Å². The summed E-state index contributed by atoms with van der Waals surface area (Å²) in [4.78, 5) is 12.7. The average Bonchev–Trinajstić information content (AvgIpc) is 3.57. The van der Waals surface area contributed by atoms with Crippen molar-refractivity contribution in [1.29, 1.82) is 5.26 Å². The molecule has 1 amide bonds. The molecule has 0 bridgehead atoms. The Morgan fingerprint density at radius 1 is 1.30 bits per heavy atom. The molecule has 1 fully saturated rings. The first kappa shape index (κ1) is 22.6. The molecule has 1 aromatic carbocycles. The second-order valence-electron chi connectivity index (χ2n) is 8.44. The van der Waals surface area contributed by atoms with E-state index in [-0.39, 0.29) is 17.6 Å². The Morgan fingerprint density at radius 2 is 2.09 bits per heavy atom. The molecule has 7 nitrogen and oxygen atoms in total. The number of nitrogens with zero attached hydrogens (tertiary/aromatic N) is 4. The molecule has 1 aliphatic heterocycles. The Kier molecular flexibility index (Phi) is 7.06. The molecular weight excluding hydrogens is 414 g/mol. The van der Waals surface area contributed by atoms with Gasteiger partial charge in [0.1, 0.15) is 11.6 Å². The molecule has 0 aliphatic carbocycles. The van der Waals surface area contributed by atoms with Crippen LogP contribution in [0.15, 0.2) is 54.4 Å². The summed E-state index contributed by atoms with van der Waals surface area (Å²) in [6.07, 6.45) is 7.75. The number of nitriles is 1. The Bertz CT molecular complexity index is 1160. The molecule has 1 atom stereocenters. The van der Waals surface area contributed by atoms with Crippen molar-refractivity contribution in [2.75, 3.05) is 6.61 Å². The molecule has 0 spiro atoms. The fourth-order valence-corrected chi connectivity index (χ4v) is 4.17. The number of rotatable bonds is 8. The van der Waals surface area contributed by atoms with E-state index in [0.717, 1.165) is 54.1 Å². The van der Waals surface area contributed by atoms with Gasteiger partial charge in [0.2, 0.25) is 0 Å². The zero-order chi connectivity index (χ0) is 23.2. The number of aryl methyl sites for hydroxylation is 1. The van der Waals surface area contributed by atoms with Gasteiger partial charge in [-0.05, 0) is 61.6 Å². The number of amides is 1. The Labute approximate surface area is 194 Å². The van der Waals surface area contributed by atoms with Gasteiger partial charge in [-0.25, -0.2) is 0 Å². The van der Waals surface area contributed by atoms with E-state index in [1.807, 2.05) is 61.1 Å². The van der Waals surface area contributed by atoms with E-state index in [9.17, 15) is 10.1 Å². The lowest BCUT2D eigenvalue weighted by Gasteiger charge is -2.14. The van der Waals surface area contributed by atoms with E-state index in [2.05, 4.69) is 21.1 Å². The molecule has 7 heteroatoms.